The largest absolute Gasteiger partial charge is 0.496 e. The Morgan fingerprint density at radius 2 is 1.96 bits per heavy atom. The number of carbonyl (C=O) groups is 1. The molecule has 3 aromatic rings. The Balaban J connectivity index is 1.67. The summed E-state index contributed by atoms with van der Waals surface area (Å²) in [6.07, 6.45) is 0. The lowest BCUT2D eigenvalue weighted by Gasteiger charge is -2.11. The first-order valence-corrected chi connectivity index (χ1v) is 9.20. The smallest absolute Gasteiger partial charge is 0.252 e. The van der Waals surface area contributed by atoms with Crippen LogP contribution in [0.5, 0.6) is 5.75 Å². The molecule has 6 heteroatoms. The van der Waals surface area contributed by atoms with Gasteiger partial charge in [0.05, 0.1) is 18.4 Å². The molecule has 0 fully saturated rings. The van der Waals surface area contributed by atoms with Gasteiger partial charge >= 0.3 is 0 Å². The standard InChI is InChI=1S/C20H20N2O3S/c1-14-11-16(22-25-14)13-26-19-10-6-4-8-17(19)20(23)21-12-15-7-3-5-9-18(15)24-2/h3-11H,12-13H2,1-2H3,(H,21,23). The monoisotopic (exact) mass is 368 g/mol. The number of benzene rings is 2. The molecule has 0 radical (unpaired) electrons. The highest BCUT2D eigenvalue weighted by molar-refractivity contribution is 7.98. The van der Waals surface area contributed by atoms with Crippen molar-refractivity contribution in [3.05, 3.63) is 77.2 Å². The highest BCUT2D eigenvalue weighted by atomic mass is 32.2. The van der Waals surface area contributed by atoms with Gasteiger partial charge in [-0.05, 0) is 25.1 Å². The summed E-state index contributed by atoms with van der Waals surface area (Å²) in [5, 5.41) is 6.96. The van der Waals surface area contributed by atoms with Gasteiger partial charge in [-0.25, -0.2) is 0 Å². The lowest BCUT2D eigenvalue weighted by atomic mass is 10.1. The van der Waals surface area contributed by atoms with E-state index in [9.17, 15) is 4.79 Å². The second-order valence-electron chi connectivity index (χ2n) is 5.71. The number of carbonyl (C=O) groups excluding carboxylic acids is 1. The van der Waals surface area contributed by atoms with E-state index in [0.717, 1.165) is 27.7 Å². The molecule has 0 aliphatic carbocycles. The van der Waals surface area contributed by atoms with Gasteiger partial charge in [0.1, 0.15) is 11.5 Å². The topological polar surface area (TPSA) is 64.4 Å². The van der Waals surface area contributed by atoms with Gasteiger partial charge < -0.3 is 14.6 Å². The first-order valence-electron chi connectivity index (χ1n) is 8.21. The van der Waals surface area contributed by atoms with Gasteiger partial charge in [0.2, 0.25) is 0 Å². The van der Waals surface area contributed by atoms with E-state index in [1.807, 2.05) is 61.5 Å². The van der Waals surface area contributed by atoms with E-state index >= 15 is 0 Å². The summed E-state index contributed by atoms with van der Waals surface area (Å²) in [6, 6.07) is 17.1. The fourth-order valence-corrected chi connectivity index (χ4v) is 3.47. The number of rotatable bonds is 7. The molecule has 0 saturated carbocycles. The molecule has 26 heavy (non-hydrogen) atoms. The zero-order valence-corrected chi connectivity index (χ0v) is 15.5. The molecule has 1 N–H and O–H groups in total. The van der Waals surface area contributed by atoms with Crippen molar-refractivity contribution >= 4 is 17.7 Å². The number of aryl methyl sites for hydroxylation is 1. The zero-order valence-electron chi connectivity index (χ0n) is 14.7. The Kier molecular flexibility index (Phi) is 5.96. The second-order valence-corrected chi connectivity index (χ2v) is 6.73. The molecule has 1 aromatic heterocycles. The van der Waals surface area contributed by atoms with Gasteiger partial charge in [-0.3, -0.25) is 4.79 Å². The summed E-state index contributed by atoms with van der Waals surface area (Å²) >= 11 is 1.56. The minimum atomic E-state index is -0.115. The van der Waals surface area contributed by atoms with Gasteiger partial charge in [-0.15, -0.1) is 11.8 Å². The summed E-state index contributed by atoms with van der Waals surface area (Å²) < 4.78 is 10.4. The summed E-state index contributed by atoms with van der Waals surface area (Å²) in [7, 11) is 1.62. The van der Waals surface area contributed by atoms with Crippen LogP contribution in [-0.4, -0.2) is 18.2 Å². The van der Waals surface area contributed by atoms with Gasteiger partial charge in [0.25, 0.3) is 5.91 Å². The highest BCUT2D eigenvalue weighted by Gasteiger charge is 2.13. The van der Waals surface area contributed by atoms with Gasteiger partial charge in [-0.2, -0.15) is 0 Å². The molecule has 3 rings (SSSR count). The van der Waals surface area contributed by atoms with Crippen molar-refractivity contribution in [3.8, 4) is 5.75 Å². The maximum Gasteiger partial charge on any atom is 0.252 e. The minimum absolute atomic E-state index is 0.115. The lowest BCUT2D eigenvalue weighted by molar-refractivity contribution is 0.0947. The molecule has 2 aromatic carbocycles. The number of ether oxygens (including phenoxy) is 1. The Bertz CT molecular complexity index is 892. The molecule has 1 amide bonds. The third-order valence-electron chi connectivity index (χ3n) is 3.82. The van der Waals surface area contributed by atoms with Crippen molar-refractivity contribution in [2.45, 2.75) is 24.1 Å². The van der Waals surface area contributed by atoms with Crippen molar-refractivity contribution in [2.75, 3.05) is 7.11 Å². The Morgan fingerprint density at radius 1 is 1.19 bits per heavy atom. The summed E-state index contributed by atoms with van der Waals surface area (Å²) in [5.74, 6) is 2.07. The fourth-order valence-electron chi connectivity index (χ4n) is 2.54. The molecule has 134 valence electrons. The number of hydrogen-bond donors (Lipinski definition) is 1. The molecule has 0 unspecified atom stereocenters. The predicted octanol–water partition coefficient (Wildman–Crippen LogP) is 4.21. The average Bonchev–Trinajstić information content (AvgIpc) is 3.10. The van der Waals surface area contributed by atoms with Gasteiger partial charge in [0.15, 0.2) is 0 Å². The average molecular weight is 368 g/mol. The van der Waals surface area contributed by atoms with E-state index in [1.54, 1.807) is 18.9 Å². The maximum absolute atomic E-state index is 12.7. The first kappa shape index (κ1) is 18.1. The van der Waals surface area contributed by atoms with Crippen LogP contribution in [0.4, 0.5) is 0 Å². The number of para-hydroxylation sites is 1. The fraction of sp³-hybridized carbons (Fsp3) is 0.200. The predicted molar refractivity (Wildman–Crippen MR) is 101 cm³/mol. The highest BCUT2D eigenvalue weighted by Crippen LogP contribution is 2.26. The number of amides is 1. The number of nitrogens with one attached hydrogen (secondary N) is 1. The van der Waals surface area contributed by atoms with Crippen LogP contribution < -0.4 is 10.1 Å². The van der Waals surface area contributed by atoms with Crippen molar-refractivity contribution in [1.82, 2.24) is 10.5 Å². The minimum Gasteiger partial charge on any atom is -0.496 e. The van der Waals surface area contributed by atoms with E-state index < -0.39 is 0 Å². The Morgan fingerprint density at radius 3 is 2.73 bits per heavy atom. The van der Waals surface area contributed by atoms with Crippen LogP contribution in [0.2, 0.25) is 0 Å². The number of nitrogens with zero attached hydrogens (tertiary/aromatic N) is 1. The van der Waals surface area contributed by atoms with E-state index in [-0.39, 0.29) is 5.91 Å². The lowest BCUT2D eigenvalue weighted by Crippen LogP contribution is -2.23. The van der Waals surface area contributed by atoms with Gasteiger partial charge in [-0.1, -0.05) is 35.5 Å². The summed E-state index contributed by atoms with van der Waals surface area (Å²) in [4.78, 5) is 13.6. The third-order valence-corrected chi connectivity index (χ3v) is 4.92. The molecule has 0 spiro atoms. The molecule has 0 aliphatic rings. The van der Waals surface area contributed by atoms with Crippen LogP contribution in [0.25, 0.3) is 0 Å². The van der Waals surface area contributed by atoms with Crippen molar-refractivity contribution < 1.29 is 14.1 Å². The molecular weight excluding hydrogens is 348 g/mol. The van der Waals surface area contributed by atoms with E-state index in [0.29, 0.717) is 17.9 Å². The molecule has 0 bridgehead atoms. The first-order chi connectivity index (χ1) is 12.7. The van der Waals surface area contributed by atoms with Crippen LogP contribution in [0.3, 0.4) is 0 Å². The molecule has 0 aliphatic heterocycles. The third kappa shape index (κ3) is 4.46. The molecule has 0 atom stereocenters. The normalized spacial score (nSPS) is 10.5. The van der Waals surface area contributed by atoms with E-state index in [4.69, 9.17) is 9.26 Å². The van der Waals surface area contributed by atoms with Gasteiger partial charge in [0, 0.05) is 28.8 Å². The summed E-state index contributed by atoms with van der Waals surface area (Å²) in [6.45, 7) is 2.27. The summed E-state index contributed by atoms with van der Waals surface area (Å²) in [5.41, 5.74) is 2.44. The van der Waals surface area contributed by atoms with Crippen LogP contribution in [-0.2, 0) is 12.3 Å². The maximum atomic E-state index is 12.7. The van der Waals surface area contributed by atoms with Crippen LogP contribution in [0.15, 0.2) is 64.0 Å². The number of aromatic nitrogens is 1. The van der Waals surface area contributed by atoms with Crippen LogP contribution >= 0.6 is 11.8 Å². The number of thioether (sulfide) groups is 1. The van der Waals surface area contributed by atoms with E-state index in [1.165, 1.54) is 0 Å². The quantitative estimate of drug-likeness (QED) is 0.633. The van der Waals surface area contributed by atoms with Crippen molar-refractivity contribution in [3.63, 3.8) is 0 Å². The molecule has 5 nitrogen and oxygen atoms in total. The van der Waals surface area contributed by atoms with Crippen LogP contribution in [0, 0.1) is 6.92 Å². The second kappa shape index (κ2) is 8.58. The molecule has 0 saturated heterocycles. The Hall–Kier alpha value is -2.73. The molecular formula is C20H20N2O3S. The van der Waals surface area contributed by atoms with Crippen LogP contribution in [0.1, 0.15) is 27.4 Å². The van der Waals surface area contributed by atoms with E-state index in [2.05, 4.69) is 10.5 Å². The zero-order chi connectivity index (χ0) is 18.4. The van der Waals surface area contributed by atoms with Crippen molar-refractivity contribution in [2.24, 2.45) is 0 Å². The number of methoxy groups -OCH3 is 1. The Labute approximate surface area is 156 Å². The number of hydrogen-bond acceptors (Lipinski definition) is 5. The molecule has 1 heterocycles. The SMILES string of the molecule is COc1ccccc1CNC(=O)c1ccccc1SCc1cc(C)on1. The van der Waals surface area contributed by atoms with Crippen molar-refractivity contribution in [1.29, 1.82) is 0 Å².